The fourth-order valence-corrected chi connectivity index (χ4v) is 3.35. The van der Waals surface area contributed by atoms with Crippen molar-refractivity contribution >= 4 is 5.97 Å². The van der Waals surface area contributed by atoms with Gasteiger partial charge >= 0.3 is 5.97 Å². The van der Waals surface area contributed by atoms with Gasteiger partial charge in [0.15, 0.2) is 0 Å². The van der Waals surface area contributed by atoms with E-state index < -0.39 is 5.97 Å². The van der Waals surface area contributed by atoms with Crippen LogP contribution in [0.15, 0.2) is 54.6 Å². The lowest BCUT2D eigenvalue weighted by atomic mass is 10.0. The number of ether oxygens (including phenoxy) is 2. The van der Waals surface area contributed by atoms with E-state index in [4.69, 9.17) is 9.47 Å². The van der Waals surface area contributed by atoms with Gasteiger partial charge < -0.3 is 14.6 Å². The van der Waals surface area contributed by atoms with Crippen molar-refractivity contribution < 1.29 is 19.4 Å². The SMILES string of the molecule is CCCc1ccc(OCc2nc(-c3cc(C)ccc3OC(C)C)ccc2C(=O)O)cc1. The molecular weight excluding hydrogens is 390 g/mol. The highest BCUT2D eigenvalue weighted by Gasteiger charge is 2.16. The summed E-state index contributed by atoms with van der Waals surface area (Å²) in [6.07, 6.45) is 2.11. The summed E-state index contributed by atoms with van der Waals surface area (Å²) in [4.78, 5) is 16.4. The highest BCUT2D eigenvalue weighted by molar-refractivity contribution is 5.89. The summed E-state index contributed by atoms with van der Waals surface area (Å²) in [6.45, 7) is 8.14. The Morgan fingerprint density at radius 1 is 1.06 bits per heavy atom. The van der Waals surface area contributed by atoms with Crippen LogP contribution in [0.5, 0.6) is 11.5 Å². The summed E-state index contributed by atoms with van der Waals surface area (Å²) in [7, 11) is 0. The number of aryl methyl sites for hydroxylation is 2. The highest BCUT2D eigenvalue weighted by Crippen LogP contribution is 2.31. The van der Waals surface area contributed by atoms with E-state index in [-0.39, 0.29) is 18.3 Å². The normalized spacial score (nSPS) is 10.9. The topological polar surface area (TPSA) is 68.7 Å². The minimum absolute atomic E-state index is 0.0123. The summed E-state index contributed by atoms with van der Waals surface area (Å²) in [5, 5.41) is 9.62. The molecule has 0 bridgehead atoms. The number of rotatable bonds is 9. The van der Waals surface area contributed by atoms with E-state index in [1.54, 1.807) is 12.1 Å². The van der Waals surface area contributed by atoms with Crippen molar-refractivity contribution in [2.75, 3.05) is 0 Å². The third-order valence-electron chi connectivity index (χ3n) is 4.82. The molecule has 0 radical (unpaired) electrons. The van der Waals surface area contributed by atoms with E-state index in [0.717, 1.165) is 29.7 Å². The molecule has 5 heteroatoms. The average molecular weight is 420 g/mol. The maximum atomic E-state index is 11.7. The molecule has 31 heavy (non-hydrogen) atoms. The second-order valence-electron chi connectivity index (χ2n) is 7.84. The molecule has 3 rings (SSSR count). The molecule has 162 valence electrons. The van der Waals surface area contributed by atoms with Crippen molar-refractivity contribution in [3.8, 4) is 22.8 Å². The lowest BCUT2D eigenvalue weighted by molar-refractivity contribution is 0.0693. The van der Waals surface area contributed by atoms with Gasteiger partial charge in [0.25, 0.3) is 0 Å². The maximum absolute atomic E-state index is 11.7. The molecule has 2 aromatic carbocycles. The molecule has 0 atom stereocenters. The number of benzene rings is 2. The van der Waals surface area contributed by atoms with Gasteiger partial charge in [-0.3, -0.25) is 0 Å². The van der Waals surface area contributed by atoms with Crippen LogP contribution in [0.3, 0.4) is 0 Å². The molecule has 3 aromatic rings. The number of pyridine rings is 1. The van der Waals surface area contributed by atoms with Crippen LogP contribution < -0.4 is 9.47 Å². The Kier molecular flexibility index (Phi) is 7.29. The monoisotopic (exact) mass is 419 g/mol. The largest absolute Gasteiger partial charge is 0.490 e. The number of aromatic nitrogens is 1. The molecule has 1 aromatic heterocycles. The molecule has 1 heterocycles. The van der Waals surface area contributed by atoms with Crippen molar-refractivity contribution in [2.24, 2.45) is 0 Å². The standard InChI is InChI=1S/C26H29NO4/c1-5-6-19-8-10-20(11-9-19)30-16-24-21(26(28)29)12-13-23(27-24)22-15-18(4)7-14-25(22)31-17(2)3/h7-15,17H,5-6,16H2,1-4H3,(H,28,29). The molecule has 1 N–H and O–H groups in total. The van der Waals surface area contributed by atoms with Gasteiger partial charge in [-0.25, -0.2) is 9.78 Å². The molecule has 0 aliphatic heterocycles. The van der Waals surface area contributed by atoms with E-state index in [0.29, 0.717) is 17.1 Å². The molecule has 0 saturated heterocycles. The zero-order valence-corrected chi connectivity index (χ0v) is 18.5. The Hall–Kier alpha value is -3.34. The molecule has 0 aliphatic rings. The van der Waals surface area contributed by atoms with E-state index in [1.807, 2.05) is 63.2 Å². The van der Waals surface area contributed by atoms with Gasteiger partial charge in [-0.1, -0.05) is 37.1 Å². The van der Waals surface area contributed by atoms with Gasteiger partial charge in [-0.2, -0.15) is 0 Å². The molecule has 5 nitrogen and oxygen atoms in total. The van der Waals surface area contributed by atoms with Crippen LogP contribution in [0.25, 0.3) is 11.3 Å². The summed E-state index contributed by atoms with van der Waals surface area (Å²) in [6, 6.07) is 17.1. The first-order valence-corrected chi connectivity index (χ1v) is 10.6. The Bertz CT molecular complexity index is 1040. The lowest BCUT2D eigenvalue weighted by Gasteiger charge is -2.16. The Morgan fingerprint density at radius 3 is 2.45 bits per heavy atom. The smallest absolute Gasteiger partial charge is 0.337 e. The van der Waals surface area contributed by atoms with Crippen LogP contribution in [0.2, 0.25) is 0 Å². The first-order chi connectivity index (χ1) is 14.9. The van der Waals surface area contributed by atoms with E-state index >= 15 is 0 Å². The van der Waals surface area contributed by atoms with Gasteiger partial charge in [0.2, 0.25) is 0 Å². The minimum Gasteiger partial charge on any atom is -0.490 e. The second-order valence-corrected chi connectivity index (χ2v) is 7.84. The number of carboxylic acid groups (broad SMARTS) is 1. The van der Waals surface area contributed by atoms with Crippen molar-refractivity contribution in [3.63, 3.8) is 0 Å². The molecule has 0 spiro atoms. The summed E-state index contributed by atoms with van der Waals surface area (Å²) >= 11 is 0. The van der Waals surface area contributed by atoms with Crippen LogP contribution in [-0.2, 0) is 13.0 Å². The van der Waals surface area contributed by atoms with Gasteiger partial charge in [0.1, 0.15) is 18.1 Å². The number of nitrogens with zero attached hydrogens (tertiary/aromatic N) is 1. The first-order valence-electron chi connectivity index (χ1n) is 10.6. The quantitative estimate of drug-likeness (QED) is 0.456. The van der Waals surface area contributed by atoms with Crippen molar-refractivity contribution in [3.05, 3.63) is 77.0 Å². The molecule has 0 fully saturated rings. The van der Waals surface area contributed by atoms with E-state index in [1.165, 1.54) is 5.56 Å². The van der Waals surface area contributed by atoms with Crippen LogP contribution in [0.4, 0.5) is 0 Å². The minimum atomic E-state index is -1.03. The van der Waals surface area contributed by atoms with Crippen LogP contribution >= 0.6 is 0 Å². The lowest BCUT2D eigenvalue weighted by Crippen LogP contribution is -2.10. The van der Waals surface area contributed by atoms with Crippen molar-refractivity contribution in [1.82, 2.24) is 4.98 Å². The maximum Gasteiger partial charge on any atom is 0.337 e. The third kappa shape index (κ3) is 5.85. The number of aromatic carboxylic acids is 1. The Balaban J connectivity index is 1.91. The van der Waals surface area contributed by atoms with Crippen molar-refractivity contribution in [2.45, 2.75) is 53.2 Å². The molecule has 0 aliphatic carbocycles. The first kappa shape index (κ1) is 22.3. The van der Waals surface area contributed by atoms with Crippen LogP contribution in [-0.4, -0.2) is 22.2 Å². The van der Waals surface area contributed by atoms with Gasteiger partial charge in [-0.05, 0) is 69.2 Å². The molecular formula is C26H29NO4. The Morgan fingerprint density at radius 2 is 1.81 bits per heavy atom. The number of hydrogen-bond acceptors (Lipinski definition) is 4. The zero-order chi connectivity index (χ0) is 22.4. The van der Waals surface area contributed by atoms with Gasteiger partial charge in [-0.15, -0.1) is 0 Å². The molecule has 0 amide bonds. The van der Waals surface area contributed by atoms with Gasteiger partial charge in [0.05, 0.1) is 23.1 Å². The number of hydrogen-bond donors (Lipinski definition) is 1. The third-order valence-corrected chi connectivity index (χ3v) is 4.82. The predicted octanol–water partition coefficient (Wildman–Crippen LogP) is 6.07. The average Bonchev–Trinajstić information content (AvgIpc) is 2.74. The van der Waals surface area contributed by atoms with Crippen LogP contribution in [0.1, 0.15) is 54.4 Å². The van der Waals surface area contributed by atoms with E-state index in [2.05, 4.69) is 11.9 Å². The predicted molar refractivity (Wildman–Crippen MR) is 122 cm³/mol. The summed E-state index contributed by atoms with van der Waals surface area (Å²) in [5.41, 5.74) is 4.31. The fourth-order valence-electron chi connectivity index (χ4n) is 3.35. The van der Waals surface area contributed by atoms with Crippen molar-refractivity contribution in [1.29, 1.82) is 0 Å². The fraction of sp³-hybridized carbons (Fsp3) is 0.308. The van der Waals surface area contributed by atoms with Gasteiger partial charge in [0, 0.05) is 5.56 Å². The Labute approximate surface area is 183 Å². The summed E-state index contributed by atoms with van der Waals surface area (Å²) in [5.74, 6) is 0.371. The molecule has 0 saturated carbocycles. The zero-order valence-electron chi connectivity index (χ0n) is 18.5. The second kappa shape index (κ2) is 10.1. The van der Waals surface area contributed by atoms with E-state index in [9.17, 15) is 9.90 Å². The number of carbonyl (C=O) groups is 1. The summed E-state index contributed by atoms with van der Waals surface area (Å²) < 4.78 is 11.8. The number of carboxylic acids is 1. The highest BCUT2D eigenvalue weighted by atomic mass is 16.5. The van der Waals surface area contributed by atoms with Crippen LogP contribution in [0, 0.1) is 6.92 Å². The molecule has 0 unspecified atom stereocenters.